The summed E-state index contributed by atoms with van der Waals surface area (Å²) in [6.07, 6.45) is 0. The van der Waals surface area contributed by atoms with Gasteiger partial charge in [-0.1, -0.05) is 27.7 Å². The normalized spacial score (nSPS) is 29.0. The van der Waals surface area contributed by atoms with Crippen molar-refractivity contribution in [3.05, 3.63) is 0 Å². The van der Waals surface area contributed by atoms with Crippen molar-refractivity contribution in [1.29, 1.82) is 0 Å². The topological polar surface area (TPSA) is 77.9 Å². The van der Waals surface area contributed by atoms with Gasteiger partial charge in [-0.3, -0.25) is 14.4 Å². The molecule has 0 spiro atoms. The Morgan fingerprint density at radius 1 is 1.18 bits per heavy atom. The molecule has 0 aromatic heterocycles. The second kappa shape index (κ2) is 6.10. The lowest BCUT2D eigenvalue weighted by Gasteiger charge is -2.31. The molecule has 1 N–H and O–H groups in total. The van der Waals surface area contributed by atoms with Crippen LogP contribution in [0.5, 0.6) is 0 Å². The van der Waals surface area contributed by atoms with Crippen molar-refractivity contribution >= 4 is 29.5 Å². The molecule has 7 heteroatoms. The zero-order valence-corrected chi connectivity index (χ0v) is 14.4. The van der Waals surface area contributed by atoms with Gasteiger partial charge in [-0.15, -0.1) is 11.8 Å². The number of thioether (sulfide) groups is 1. The molecule has 2 aliphatic heterocycles. The number of carbonyl (C=O) groups is 3. The molecule has 2 rings (SSSR count). The van der Waals surface area contributed by atoms with Crippen LogP contribution in [0, 0.1) is 17.3 Å². The molecule has 0 aromatic rings. The lowest BCUT2D eigenvalue weighted by molar-refractivity contribution is -0.148. The minimum absolute atomic E-state index is 0.0297. The predicted octanol–water partition coefficient (Wildman–Crippen LogP) is 1.11. The number of likely N-dealkylation sites (tertiary alicyclic amines) is 1. The molecular formula is C15H24N2O4S. The van der Waals surface area contributed by atoms with Crippen LogP contribution < -0.4 is 0 Å². The number of hydrogen-bond donors (Lipinski definition) is 1. The number of carbonyl (C=O) groups excluding carboxylic acids is 2. The predicted molar refractivity (Wildman–Crippen MR) is 84.3 cm³/mol. The molecule has 22 heavy (non-hydrogen) atoms. The molecule has 6 nitrogen and oxygen atoms in total. The van der Waals surface area contributed by atoms with E-state index < -0.39 is 23.3 Å². The van der Waals surface area contributed by atoms with Gasteiger partial charge in [0.15, 0.2) is 0 Å². The molecule has 2 amide bonds. The number of nitrogens with zero attached hydrogens (tertiary/aromatic N) is 2. The summed E-state index contributed by atoms with van der Waals surface area (Å²) < 4.78 is 0. The number of amides is 2. The second-order valence-electron chi connectivity index (χ2n) is 7.21. The summed E-state index contributed by atoms with van der Waals surface area (Å²) in [4.78, 5) is 39.7. The number of aliphatic carboxylic acids is 1. The van der Waals surface area contributed by atoms with Crippen LogP contribution in [-0.2, 0) is 14.4 Å². The molecule has 1 unspecified atom stereocenters. The molecule has 3 atom stereocenters. The van der Waals surface area contributed by atoms with Gasteiger partial charge in [-0.2, -0.15) is 0 Å². The van der Waals surface area contributed by atoms with Gasteiger partial charge in [-0.05, 0) is 5.92 Å². The average Bonchev–Trinajstić information content (AvgIpc) is 3.02. The van der Waals surface area contributed by atoms with Gasteiger partial charge in [0.25, 0.3) is 0 Å². The summed E-state index contributed by atoms with van der Waals surface area (Å²) in [5.74, 6) is -0.448. The monoisotopic (exact) mass is 328 g/mol. The maximum absolute atomic E-state index is 12.7. The first-order chi connectivity index (χ1) is 10.1. The van der Waals surface area contributed by atoms with E-state index in [-0.39, 0.29) is 24.3 Å². The molecule has 0 radical (unpaired) electrons. The van der Waals surface area contributed by atoms with E-state index in [1.807, 2.05) is 27.7 Å². The van der Waals surface area contributed by atoms with Crippen molar-refractivity contribution in [2.24, 2.45) is 17.3 Å². The largest absolute Gasteiger partial charge is 0.481 e. The van der Waals surface area contributed by atoms with Gasteiger partial charge < -0.3 is 14.9 Å². The van der Waals surface area contributed by atoms with Crippen LogP contribution in [0.2, 0.25) is 0 Å². The third-order valence-corrected chi connectivity index (χ3v) is 5.32. The summed E-state index contributed by atoms with van der Waals surface area (Å²) in [7, 11) is 0. The fourth-order valence-corrected chi connectivity index (χ4v) is 4.10. The minimum atomic E-state index is -0.855. The number of rotatable bonds is 2. The van der Waals surface area contributed by atoms with Crippen LogP contribution in [-0.4, -0.2) is 63.5 Å². The van der Waals surface area contributed by atoms with Crippen LogP contribution in [0.3, 0.4) is 0 Å². The van der Waals surface area contributed by atoms with Gasteiger partial charge in [-0.25, -0.2) is 0 Å². The highest BCUT2D eigenvalue weighted by Crippen LogP contribution is 2.30. The molecule has 2 saturated heterocycles. The van der Waals surface area contributed by atoms with E-state index in [2.05, 4.69) is 0 Å². The van der Waals surface area contributed by atoms with E-state index in [4.69, 9.17) is 0 Å². The van der Waals surface area contributed by atoms with Crippen LogP contribution in [0.1, 0.15) is 27.7 Å². The third-order valence-electron chi connectivity index (χ3n) is 4.31. The van der Waals surface area contributed by atoms with Crippen molar-refractivity contribution in [3.63, 3.8) is 0 Å². The molecule has 124 valence electrons. The smallest absolute Gasteiger partial charge is 0.308 e. The summed E-state index contributed by atoms with van der Waals surface area (Å²) in [5, 5.41) is 9.19. The average molecular weight is 328 g/mol. The van der Waals surface area contributed by atoms with Crippen molar-refractivity contribution in [3.8, 4) is 0 Å². The highest BCUT2D eigenvalue weighted by Gasteiger charge is 2.44. The van der Waals surface area contributed by atoms with Crippen molar-refractivity contribution in [1.82, 2.24) is 9.80 Å². The Balaban J connectivity index is 2.09. The van der Waals surface area contributed by atoms with Crippen LogP contribution in [0.25, 0.3) is 0 Å². The Labute approximate surface area is 135 Å². The van der Waals surface area contributed by atoms with Crippen LogP contribution >= 0.6 is 11.8 Å². The minimum Gasteiger partial charge on any atom is -0.481 e. The fraction of sp³-hybridized carbons (Fsp3) is 0.800. The Bertz CT molecular complexity index is 488. The number of carboxylic acid groups (broad SMARTS) is 1. The Morgan fingerprint density at radius 3 is 2.32 bits per heavy atom. The number of carboxylic acids is 1. The van der Waals surface area contributed by atoms with Gasteiger partial charge in [0.1, 0.15) is 6.04 Å². The molecule has 0 bridgehead atoms. The molecule has 0 aliphatic carbocycles. The van der Waals surface area contributed by atoms with E-state index in [0.717, 1.165) is 0 Å². The van der Waals surface area contributed by atoms with E-state index in [0.29, 0.717) is 18.2 Å². The Hall–Kier alpha value is -1.24. The van der Waals surface area contributed by atoms with Gasteiger partial charge in [0.2, 0.25) is 11.8 Å². The van der Waals surface area contributed by atoms with Crippen molar-refractivity contribution in [2.45, 2.75) is 33.7 Å². The van der Waals surface area contributed by atoms with Crippen LogP contribution in [0.15, 0.2) is 0 Å². The van der Waals surface area contributed by atoms with E-state index in [1.54, 1.807) is 21.6 Å². The summed E-state index contributed by atoms with van der Waals surface area (Å²) in [6.45, 7) is 8.09. The van der Waals surface area contributed by atoms with Crippen LogP contribution in [0.4, 0.5) is 0 Å². The zero-order valence-electron chi connectivity index (χ0n) is 13.5. The standard InChI is InChI=1S/C15H24N2O4S/c1-9-5-16(6-10(9)13(19)20)12(18)11-7-22-8-17(11)14(21)15(2,3)4/h9-11H,5-8H2,1-4H3,(H,19,20)/t9-,10-,11?/m1/s1. The SMILES string of the molecule is C[C@@H]1CN(C(=O)C2CSCN2C(=O)C(C)(C)C)C[C@H]1C(=O)O. The first-order valence-corrected chi connectivity index (χ1v) is 8.68. The van der Waals surface area contributed by atoms with Gasteiger partial charge >= 0.3 is 5.97 Å². The van der Waals surface area contributed by atoms with Crippen molar-refractivity contribution < 1.29 is 19.5 Å². The first-order valence-electron chi connectivity index (χ1n) is 7.53. The highest BCUT2D eigenvalue weighted by molar-refractivity contribution is 7.99. The lowest BCUT2D eigenvalue weighted by atomic mass is 9.94. The summed E-state index contributed by atoms with van der Waals surface area (Å²) in [5.41, 5.74) is -0.522. The second-order valence-corrected chi connectivity index (χ2v) is 8.21. The van der Waals surface area contributed by atoms with Gasteiger partial charge in [0, 0.05) is 24.3 Å². The molecule has 2 aliphatic rings. The lowest BCUT2D eigenvalue weighted by Crippen LogP contribution is -2.51. The van der Waals surface area contributed by atoms with Crippen molar-refractivity contribution in [2.75, 3.05) is 24.7 Å². The quantitative estimate of drug-likeness (QED) is 0.822. The molecule has 2 heterocycles. The Kier molecular flexibility index (Phi) is 4.75. The Morgan fingerprint density at radius 2 is 1.82 bits per heavy atom. The molecular weight excluding hydrogens is 304 g/mol. The number of hydrogen-bond acceptors (Lipinski definition) is 4. The van der Waals surface area contributed by atoms with Gasteiger partial charge in [0.05, 0.1) is 11.8 Å². The maximum atomic E-state index is 12.7. The maximum Gasteiger partial charge on any atom is 0.308 e. The summed E-state index contributed by atoms with van der Waals surface area (Å²) in [6, 6.07) is -0.462. The molecule has 2 fully saturated rings. The molecule has 0 aromatic carbocycles. The molecule has 0 saturated carbocycles. The summed E-state index contributed by atoms with van der Waals surface area (Å²) >= 11 is 1.57. The first kappa shape index (κ1) is 17.1. The fourth-order valence-electron chi connectivity index (χ4n) is 2.96. The van der Waals surface area contributed by atoms with E-state index in [1.165, 1.54) is 0 Å². The highest BCUT2D eigenvalue weighted by atomic mass is 32.2. The van der Waals surface area contributed by atoms with E-state index in [9.17, 15) is 19.5 Å². The van der Waals surface area contributed by atoms with E-state index >= 15 is 0 Å². The zero-order chi connectivity index (χ0) is 16.7. The third kappa shape index (κ3) is 3.24.